The van der Waals surface area contributed by atoms with Crippen LogP contribution >= 0.6 is 23.2 Å². The number of nitrogens with zero attached hydrogens (tertiary/aromatic N) is 3. The lowest BCUT2D eigenvalue weighted by Crippen LogP contribution is -2.39. The number of aromatic nitrogens is 2. The molecule has 228 valence electrons. The summed E-state index contributed by atoms with van der Waals surface area (Å²) in [5, 5.41) is 6.20. The van der Waals surface area contributed by atoms with Gasteiger partial charge < -0.3 is 24.8 Å². The molecule has 0 saturated carbocycles. The molecular weight excluding hydrogens is 587 g/mol. The van der Waals surface area contributed by atoms with Crippen LogP contribution in [0.2, 0.25) is 10.0 Å². The summed E-state index contributed by atoms with van der Waals surface area (Å²) >= 11 is 13.4. The summed E-state index contributed by atoms with van der Waals surface area (Å²) in [6, 6.07) is 7.09. The van der Waals surface area contributed by atoms with Crippen LogP contribution in [0.5, 0.6) is 0 Å². The Hall–Kier alpha value is -2.95. The highest BCUT2D eigenvalue weighted by Gasteiger charge is 2.27. The lowest BCUT2D eigenvalue weighted by molar-refractivity contribution is -0.128. The van der Waals surface area contributed by atoms with Crippen LogP contribution in [-0.2, 0) is 29.0 Å². The van der Waals surface area contributed by atoms with E-state index in [2.05, 4.69) is 10.6 Å². The van der Waals surface area contributed by atoms with Crippen molar-refractivity contribution in [1.29, 1.82) is 0 Å². The van der Waals surface area contributed by atoms with Gasteiger partial charge in [-0.1, -0.05) is 50.0 Å². The molecule has 1 fully saturated rings. The second-order valence-corrected chi connectivity index (χ2v) is 12.4. The van der Waals surface area contributed by atoms with E-state index in [4.69, 9.17) is 32.9 Å². The highest BCUT2D eigenvalue weighted by molar-refractivity contribution is 6.36. The number of alkyl halides is 2. The van der Waals surface area contributed by atoms with E-state index in [1.807, 2.05) is 43.2 Å². The van der Waals surface area contributed by atoms with Crippen LogP contribution in [0.25, 0.3) is 11.0 Å². The smallest absolute Gasteiger partial charge is 0.262 e. The van der Waals surface area contributed by atoms with Gasteiger partial charge in [0.05, 0.1) is 47.1 Å². The number of rotatable bonds is 9. The minimum atomic E-state index is -3.04. The average Bonchev–Trinajstić information content (AvgIpc) is 3.28. The Balaban J connectivity index is 1.73. The predicted molar refractivity (Wildman–Crippen MR) is 162 cm³/mol. The van der Waals surface area contributed by atoms with Crippen molar-refractivity contribution in [2.24, 2.45) is 5.41 Å². The van der Waals surface area contributed by atoms with Crippen LogP contribution in [0.15, 0.2) is 24.3 Å². The Morgan fingerprint density at radius 3 is 2.38 bits per heavy atom. The zero-order valence-corrected chi connectivity index (χ0v) is 26.1. The zero-order valence-electron chi connectivity index (χ0n) is 24.5. The van der Waals surface area contributed by atoms with Gasteiger partial charge in [-0.3, -0.25) is 9.59 Å². The first kappa shape index (κ1) is 32.0. The number of carbonyl (C=O) groups excluding carboxylic acids is 2. The lowest BCUT2D eigenvalue weighted by atomic mass is 9.95. The summed E-state index contributed by atoms with van der Waals surface area (Å²) in [5.41, 5.74) is 3.12. The number of imidazole rings is 1. The first-order valence-electron chi connectivity index (χ1n) is 14.0. The molecule has 0 aliphatic carbocycles. The minimum absolute atomic E-state index is 0.0959. The Bertz CT molecular complexity index is 1470. The van der Waals surface area contributed by atoms with Gasteiger partial charge in [0.15, 0.2) is 0 Å². The highest BCUT2D eigenvalue weighted by Crippen LogP contribution is 2.33. The molecule has 2 N–H and O–H groups in total. The Labute approximate surface area is 254 Å². The molecule has 42 heavy (non-hydrogen) atoms. The Kier molecular flexibility index (Phi) is 9.69. The number of halogens is 4. The molecular formula is C30H37Cl2F2N5O3. The average molecular weight is 625 g/mol. The number of fused-ring (bicyclic) bond motifs is 1. The number of aryl methyl sites for hydroxylation is 1. The molecule has 2 heterocycles. The molecule has 3 aromatic rings. The summed E-state index contributed by atoms with van der Waals surface area (Å²) in [7, 11) is 0. The van der Waals surface area contributed by atoms with Crippen LogP contribution in [0.4, 0.5) is 14.5 Å². The molecule has 2 aromatic carbocycles. The van der Waals surface area contributed by atoms with E-state index in [1.165, 1.54) is 0 Å². The molecule has 1 saturated heterocycles. The predicted octanol–water partition coefficient (Wildman–Crippen LogP) is 5.84. The topological polar surface area (TPSA) is 88.5 Å². The molecule has 0 radical (unpaired) electrons. The number of amides is 2. The maximum absolute atomic E-state index is 13.5. The van der Waals surface area contributed by atoms with Gasteiger partial charge in [-0.15, -0.1) is 0 Å². The van der Waals surface area contributed by atoms with E-state index in [1.54, 1.807) is 18.2 Å². The number of hydrogen-bond acceptors (Lipinski definition) is 5. The molecule has 2 amide bonds. The van der Waals surface area contributed by atoms with Crippen molar-refractivity contribution in [3.05, 3.63) is 56.8 Å². The molecule has 8 nitrogen and oxygen atoms in total. The number of morpholine rings is 1. The van der Waals surface area contributed by atoms with E-state index in [0.29, 0.717) is 71.9 Å². The Morgan fingerprint density at radius 2 is 1.76 bits per heavy atom. The normalized spacial score (nSPS) is 14.4. The van der Waals surface area contributed by atoms with Crippen molar-refractivity contribution in [3.8, 4) is 0 Å². The number of hydrogen-bond donors (Lipinski definition) is 2. The molecule has 0 atom stereocenters. The maximum Gasteiger partial charge on any atom is 0.262 e. The third kappa shape index (κ3) is 7.33. The van der Waals surface area contributed by atoms with E-state index in [0.717, 1.165) is 18.0 Å². The largest absolute Gasteiger partial charge is 0.378 e. The molecule has 0 bridgehead atoms. The van der Waals surface area contributed by atoms with Crippen LogP contribution in [0, 0.1) is 5.41 Å². The van der Waals surface area contributed by atoms with E-state index in [-0.39, 0.29) is 18.0 Å². The van der Waals surface area contributed by atoms with Crippen LogP contribution < -0.4 is 15.5 Å². The second kappa shape index (κ2) is 12.7. The minimum Gasteiger partial charge on any atom is -0.378 e. The van der Waals surface area contributed by atoms with Gasteiger partial charge in [-0.25, -0.2) is 13.8 Å². The number of ether oxygens (including phenoxy) is 1. The fourth-order valence-corrected chi connectivity index (χ4v) is 5.39. The standard InChI is InChI=1S/C30H37Cl2F2N5O3/c1-6-39-24-15-23(38-9-11-42-12-10-38)20(27(40)36-17-30(5,33)34)13-22(24)37-25(39)14-19-21(31)8-7-18(26(19)32)16-35-28(41)29(2,3)4/h7-8,13,15H,6,9-12,14,16-17H2,1-5H3,(H,35,41)(H,36,40). The van der Waals surface area contributed by atoms with Crippen molar-refractivity contribution in [2.45, 2.75) is 60.1 Å². The second-order valence-electron chi connectivity index (χ2n) is 11.6. The van der Waals surface area contributed by atoms with Gasteiger partial charge in [0, 0.05) is 50.0 Å². The third-order valence-corrected chi connectivity index (χ3v) is 7.96. The molecule has 0 unspecified atom stereocenters. The molecule has 1 aromatic heterocycles. The quantitative estimate of drug-likeness (QED) is 0.313. The molecule has 1 aliphatic rings. The van der Waals surface area contributed by atoms with Crippen LogP contribution in [-0.4, -0.2) is 60.1 Å². The highest BCUT2D eigenvalue weighted by atomic mass is 35.5. The van der Waals surface area contributed by atoms with Crippen molar-refractivity contribution in [3.63, 3.8) is 0 Å². The van der Waals surface area contributed by atoms with Gasteiger partial charge in [-0.2, -0.15) is 0 Å². The number of nitrogens with one attached hydrogen (secondary N) is 2. The van der Waals surface area contributed by atoms with Gasteiger partial charge in [0.2, 0.25) is 5.91 Å². The summed E-state index contributed by atoms with van der Waals surface area (Å²) in [6.45, 7) is 10.4. The fourth-order valence-electron chi connectivity index (χ4n) is 4.82. The lowest BCUT2D eigenvalue weighted by Gasteiger charge is -2.30. The zero-order chi connectivity index (χ0) is 30.8. The SMILES string of the molecule is CCn1c(Cc2c(Cl)ccc(CNC(=O)C(C)(C)C)c2Cl)nc2cc(C(=O)NCC(C)(F)F)c(N3CCOCC3)cc21. The molecule has 0 spiro atoms. The summed E-state index contributed by atoms with van der Waals surface area (Å²) in [6.07, 6.45) is 0.303. The van der Waals surface area contributed by atoms with Crippen molar-refractivity contribution < 1.29 is 23.1 Å². The maximum atomic E-state index is 13.5. The fraction of sp³-hybridized carbons (Fsp3) is 0.500. The van der Waals surface area contributed by atoms with Crippen molar-refractivity contribution in [1.82, 2.24) is 20.2 Å². The third-order valence-electron chi connectivity index (χ3n) is 7.14. The summed E-state index contributed by atoms with van der Waals surface area (Å²) in [4.78, 5) is 32.4. The number of carbonyl (C=O) groups is 2. The molecule has 1 aliphatic heterocycles. The van der Waals surface area contributed by atoms with Crippen LogP contribution in [0.1, 0.15) is 61.9 Å². The van der Waals surface area contributed by atoms with Gasteiger partial charge in [-0.05, 0) is 36.2 Å². The van der Waals surface area contributed by atoms with E-state index in [9.17, 15) is 18.4 Å². The van der Waals surface area contributed by atoms with Crippen LogP contribution in [0.3, 0.4) is 0 Å². The monoisotopic (exact) mass is 623 g/mol. The van der Waals surface area contributed by atoms with Gasteiger partial charge >= 0.3 is 0 Å². The Morgan fingerprint density at radius 1 is 1.07 bits per heavy atom. The van der Waals surface area contributed by atoms with Gasteiger partial charge in [0.1, 0.15) is 5.82 Å². The van der Waals surface area contributed by atoms with Crippen molar-refractivity contribution >= 4 is 51.7 Å². The molecule has 4 rings (SSSR count). The van der Waals surface area contributed by atoms with E-state index >= 15 is 0 Å². The van der Waals surface area contributed by atoms with Crippen molar-refractivity contribution in [2.75, 3.05) is 37.7 Å². The molecule has 12 heteroatoms. The summed E-state index contributed by atoms with van der Waals surface area (Å²) in [5.74, 6) is -3.05. The van der Waals surface area contributed by atoms with E-state index < -0.39 is 23.8 Å². The number of anilines is 1. The summed E-state index contributed by atoms with van der Waals surface area (Å²) < 4.78 is 34.6. The van der Waals surface area contributed by atoms with Gasteiger partial charge in [0.25, 0.3) is 11.8 Å². The number of benzene rings is 2. The first-order valence-corrected chi connectivity index (χ1v) is 14.7. The first-order chi connectivity index (χ1) is 19.7.